The molecule has 0 aromatic rings. The van der Waals surface area contributed by atoms with Crippen LogP contribution in [-0.4, -0.2) is 34.9 Å². The van der Waals surface area contributed by atoms with Gasteiger partial charge in [0.05, 0.1) is 0 Å². The average molecular weight is 295 g/mol. The Kier molecular flexibility index (Phi) is 6.63. The van der Waals surface area contributed by atoms with Crippen molar-refractivity contribution >= 4 is 16.9 Å². The van der Waals surface area contributed by atoms with Crippen LogP contribution in [0.25, 0.3) is 0 Å². The van der Waals surface area contributed by atoms with Crippen LogP contribution >= 0.6 is 11.8 Å². The first kappa shape index (κ1) is 16.1. The van der Waals surface area contributed by atoms with Crippen LogP contribution in [0.1, 0.15) is 52.4 Å². The van der Waals surface area contributed by atoms with Crippen molar-refractivity contribution in [2.24, 2.45) is 11.8 Å². The summed E-state index contributed by atoms with van der Waals surface area (Å²) in [5, 5.41) is 0.440. The molecule has 3 heteroatoms. The Bertz CT molecular complexity index is 342. The number of carbonyl (C=O) groups is 1. The molecule has 2 aliphatic rings. The Morgan fingerprint density at radius 3 is 2.90 bits per heavy atom. The molecule has 1 aliphatic heterocycles. The molecule has 0 saturated carbocycles. The predicted molar refractivity (Wildman–Crippen MR) is 88.0 cm³/mol. The SMILES string of the molecule is CCCC(C(=O)SCCN1CCCC1C)C1C=CCC1. The zero-order chi connectivity index (χ0) is 14.4. The van der Waals surface area contributed by atoms with Crippen molar-refractivity contribution in [2.45, 2.75) is 58.4 Å². The third-order valence-corrected chi connectivity index (χ3v) is 5.76. The van der Waals surface area contributed by atoms with Crippen LogP contribution < -0.4 is 0 Å². The molecule has 1 saturated heterocycles. The van der Waals surface area contributed by atoms with Crippen LogP contribution in [0.5, 0.6) is 0 Å². The van der Waals surface area contributed by atoms with Crippen molar-refractivity contribution in [3.8, 4) is 0 Å². The number of hydrogen-bond donors (Lipinski definition) is 0. The van der Waals surface area contributed by atoms with Crippen LogP contribution in [0, 0.1) is 11.8 Å². The molecule has 0 amide bonds. The van der Waals surface area contributed by atoms with Gasteiger partial charge < -0.3 is 0 Å². The quantitative estimate of drug-likeness (QED) is 0.659. The van der Waals surface area contributed by atoms with Gasteiger partial charge in [0.15, 0.2) is 5.12 Å². The number of rotatable bonds is 7. The Morgan fingerprint density at radius 1 is 1.45 bits per heavy atom. The maximum atomic E-state index is 12.5. The van der Waals surface area contributed by atoms with Gasteiger partial charge in [0.25, 0.3) is 0 Å². The summed E-state index contributed by atoms with van der Waals surface area (Å²) in [4.78, 5) is 15.0. The number of thioether (sulfide) groups is 1. The third kappa shape index (κ3) is 4.36. The average Bonchev–Trinajstić information content (AvgIpc) is 3.08. The first-order valence-electron chi connectivity index (χ1n) is 8.29. The third-order valence-electron chi connectivity index (χ3n) is 4.78. The molecule has 1 fully saturated rings. The molecule has 3 atom stereocenters. The summed E-state index contributed by atoms with van der Waals surface area (Å²) >= 11 is 1.59. The highest BCUT2D eigenvalue weighted by molar-refractivity contribution is 8.13. The molecule has 0 bridgehead atoms. The van der Waals surface area contributed by atoms with Crippen molar-refractivity contribution in [1.29, 1.82) is 0 Å². The smallest absolute Gasteiger partial charge is 0.192 e. The lowest BCUT2D eigenvalue weighted by atomic mass is 9.89. The van der Waals surface area contributed by atoms with Crippen molar-refractivity contribution in [2.75, 3.05) is 18.8 Å². The monoisotopic (exact) mass is 295 g/mol. The summed E-state index contributed by atoms with van der Waals surface area (Å²) in [6.07, 6.45) is 11.7. The first-order chi connectivity index (χ1) is 9.72. The molecule has 2 rings (SSSR count). The molecule has 0 spiro atoms. The van der Waals surface area contributed by atoms with Crippen molar-refractivity contribution in [3.63, 3.8) is 0 Å². The fraction of sp³-hybridized carbons (Fsp3) is 0.824. The van der Waals surface area contributed by atoms with Crippen LogP contribution in [0.4, 0.5) is 0 Å². The second-order valence-electron chi connectivity index (χ2n) is 6.26. The van der Waals surface area contributed by atoms with Gasteiger partial charge in [-0.3, -0.25) is 9.69 Å². The molecule has 0 radical (unpaired) electrons. The highest BCUT2D eigenvalue weighted by atomic mass is 32.2. The van der Waals surface area contributed by atoms with Gasteiger partial charge in [-0.05, 0) is 51.5 Å². The molecule has 0 aromatic heterocycles. The number of allylic oxidation sites excluding steroid dienone is 2. The topological polar surface area (TPSA) is 20.3 Å². The largest absolute Gasteiger partial charge is 0.300 e. The van der Waals surface area contributed by atoms with Gasteiger partial charge in [-0.15, -0.1) is 0 Å². The molecular formula is C17H29NOS. The van der Waals surface area contributed by atoms with Gasteiger partial charge in [-0.1, -0.05) is 37.3 Å². The second kappa shape index (κ2) is 8.23. The van der Waals surface area contributed by atoms with E-state index in [0.717, 1.165) is 37.6 Å². The molecule has 0 N–H and O–H groups in total. The first-order valence-corrected chi connectivity index (χ1v) is 9.28. The normalized spacial score (nSPS) is 28.1. The van der Waals surface area contributed by atoms with Gasteiger partial charge >= 0.3 is 0 Å². The zero-order valence-corrected chi connectivity index (χ0v) is 13.8. The lowest BCUT2D eigenvalue weighted by Crippen LogP contribution is -2.30. The maximum absolute atomic E-state index is 12.5. The summed E-state index contributed by atoms with van der Waals surface area (Å²) < 4.78 is 0. The van der Waals surface area contributed by atoms with Gasteiger partial charge in [0.2, 0.25) is 0 Å². The van der Waals surface area contributed by atoms with Gasteiger partial charge in [0, 0.05) is 24.3 Å². The van der Waals surface area contributed by atoms with E-state index in [9.17, 15) is 4.79 Å². The van der Waals surface area contributed by atoms with Crippen molar-refractivity contribution < 1.29 is 4.79 Å². The number of carbonyl (C=O) groups excluding carboxylic acids is 1. The highest BCUT2D eigenvalue weighted by Crippen LogP contribution is 2.32. The summed E-state index contributed by atoms with van der Waals surface area (Å²) in [7, 11) is 0. The van der Waals surface area contributed by atoms with Crippen LogP contribution in [-0.2, 0) is 4.79 Å². The fourth-order valence-electron chi connectivity index (χ4n) is 3.50. The lowest BCUT2D eigenvalue weighted by Gasteiger charge is -2.22. The van der Waals surface area contributed by atoms with E-state index in [4.69, 9.17) is 0 Å². The predicted octanol–water partition coefficient (Wildman–Crippen LogP) is 4.11. The van der Waals surface area contributed by atoms with E-state index in [1.807, 2.05) is 0 Å². The Morgan fingerprint density at radius 2 is 2.30 bits per heavy atom. The summed E-state index contributed by atoms with van der Waals surface area (Å²) in [5.74, 6) is 1.75. The van der Waals surface area contributed by atoms with Crippen LogP contribution in [0.2, 0.25) is 0 Å². The summed E-state index contributed by atoms with van der Waals surface area (Å²) in [6, 6.07) is 0.718. The standard InChI is InChI=1S/C17H29NOS/c1-3-7-16(15-9-4-5-10-15)17(19)20-13-12-18-11-6-8-14(18)2/h4,9,14-16H,3,5-8,10-13H2,1-2H3. The molecule has 2 nitrogen and oxygen atoms in total. The van der Waals surface area contributed by atoms with E-state index in [0.29, 0.717) is 11.0 Å². The zero-order valence-electron chi connectivity index (χ0n) is 13.0. The van der Waals surface area contributed by atoms with Gasteiger partial charge in [0.1, 0.15) is 0 Å². The van der Waals surface area contributed by atoms with Gasteiger partial charge in [-0.2, -0.15) is 0 Å². The summed E-state index contributed by atoms with van der Waals surface area (Å²) in [5.41, 5.74) is 0. The fourth-order valence-corrected chi connectivity index (χ4v) is 4.54. The minimum Gasteiger partial charge on any atom is -0.300 e. The van der Waals surface area contributed by atoms with Crippen LogP contribution in [0.15, 0.2) is 12.2 Å². The second-order valence-corrected chi connectivity index (χ2v) is 7.36. The minimum atomic E-state index is 0.264. The number of hydrogen-bond acceptors (Lipinski definition) is 3. The maximum Gasteiger partial charge on any atom is 0.192 e. The number of nitrogens with zero attached hydrogens (tertiary/aromatic N) is 1. The van der Waals surface area contributed by atoms with E-state index in [1.54, 1.807) is 11.8 Å². The van der Waals surface area contributed by atoms with E-state index in [2.05, 4.69) is 30.9 Å². The Balaban J connectivity index is 1.74. The van der Waals surface area contributed by atoms with Crippen LogP contribution in [0.3, 0.4) is 0 Å². The molecule has 1 heterocycles. The Labute approximate surface area is 128 Å². The van der Waals surface area contributed by atoms with Gasteiger partial charge in [-0.25, -0.2) is 0 Å². The Hall–Kier alpha value is -0.280. The minimum absolute atomic E-state index is 0.264. The van der Waals surface area contributed by atoms with Crippen molar-refractivity contribution in [3.05, 3.63) is 12.2 Å². The highest BCUT2D eigenvalue weighted by Gasteiger charge is 2.28. The van der Waals surface area contributed by atoms with E-state index in [1.165, 1.54) is 25.8 Å². The van der Waals surface area contributed by atoms with E-state index >= 15 is 0 Å². The molecule has 3 unspecified atom stereocenters. The van der Waals surface area contributed by atoms with Crippen molar-refractivity contribution in [1.82, 2.24) is 4.90 Å². The van der Waals surface area contributed by atoms with E-state index in [-0.39, 0.29) is 5.92 Å². The lowest BCUT2D eigenvalue weighted by molar-refractivity contribution is -0.115. The molecule has 0 aromatic carbocycles. The molecule has 114 valence electrons. The van der Waals surface area contributed by atoms with E-state index < -0.39 is 0 Å². The molecule has 20 heavy (non-hydrogen) atoms. The molecule has 1 aliphatic carbocycles. The molecular weight excluding hydrogens is 266 g/mol. The summed E-state index contributed by atoms with van der Waals surface area (Å²) in [6.45, 7) is 6.80. The number of likely N-dealkylation sites (tertiary alicyclic amines) is 1.